The summed E-state index contributed by atoms with van der Waals surface area (Å²) < 4.78 is 0. The summed E-state index contributed by atoms with van der Waals surface area (Å²) >= 11 is 0. The smallest absolute Gasteiger partial charge is 0.225 e. The summed E-state index contributed by atoms with van der Waals surface area (Å²) in [6, 6.07) is 10.5. The van der Waals surface area contributed by atoms with Crippen LogP contribution in [-0.4, -0.2) is 29.3 Å². The van der Waals surface area contributed by atoms with Crippen LogP contribution in [0, 0.1) is 5.92 Å². The summed E-state index contributed by atoms with van der Waals surface area (Å²) in [5, 5.41) is 3.19. The van der Waals surface area contributed by atoms with Gasteiger partial charge in [0.25, 0.3) is 0 Å². The Morgan fingerprint density at radius 3 is 2.62 bits per heavy atom. The number of nitrogens with zero attached hydrogens (tertiary/aromatic N) is 1. The predicted molar refractivity (Wildman–Crippen MR) is 94.3 cm³/mol. The van der Waals surface area contributed by atoms with Gasteiger partial charge in [-0.25, -0.2) is 0 Å². The lowest BCUT2D eigenvalue weighted by Gasteiger charge is -2.24. The van der Waals surface area contributed by atoms with Crippen molar-refractivity contribution in [2.45, 2.75) is 64.0 Å². The van der Waals surface area contributed by atoms with E-state index in [1.54, 1.807) is 0 Å². The van der Waals surface area contributed by atoms with Crippen LogP contribution in [0.3, 0.4) is 0 Å². The molecule has 1 N–H and O–H groups in total. The van der Waals surface area contributed by atoms with Gasteiger partial charge in [0.1, 0.15) is 0 Å². The Balaban J connectivity index is 1.62. The van der Waals surface area contributed by atoms with E-state index in [1.807, 2.05) is 23.1 Å². The summed E-state index contributed by atoms with van der Waals surface area (Å²) in [7, 11) is 0. The first kappa shape index (κ1) is 17.0. The SMILES string of the molecule is CCC[C@H](NC(=O)[C@H]1CC(=O)N(C2CCCC2)C1)c1ccccc1. The maximum absolute atomic E-state index is 12.7. The molecule has 2 atom stereocenters. The fraction of sp³-hybridized carbons (Fsp3) is 0.600. The van der Waals surface area contributed by atoms with Crippen molar-refractivity contribution < 1.29 is 9.59 Å². The molecule has 3 rings (SSSR count). The van der Waals surface area contributed by atoms with Crippen molar-refractivity contribution in [3.8, 4) is 0 Å². The van der Waals surface area contributed by atoms with Crippen molar-refractivity contribution in [1.82, 2.24) is 10.2 Å². The summed E-state index contributed by atoms with van der Waals surface area (Å²) in [5.41, 5.74) is 1.14. The van der Waals surface area contributed by atoms with Gasteiger partial charge in [0.05, 0.1) is 12.0 Å². The first-order valence-corrected chi connectivity index (χ1v) is 9.33. The number of nitrogens with one attached hydrogen (secondary N) is 1. The van der Waals surface area contributed by atoms with Gasteiger partial charge in [0.15, 0.2) is 0 Å². The molecular weight excluding hydrogens is 300 g/mol. The minimum Gasteiger partial charge on any atom is -0.349 e. The lowest BCUT2D eigenvalue weighted by molar-refractivity contribution is -0.130. The molecule has 24 heavy (non-hydrogen) atoms. The quantitative estimate of drug-likeness (QED) is 0.870. The number of likely N-dealkylation sites (tertiary alicyclic amines) is 1. The maximum Gasteiger partial charge on any atom is 0.225 e. The van der Waals surface area contributed by atoms with E-state index in [9.17, 15) is 9.59 Å². The molecule has 130 valence electrons. The molecule has 1 aromatic carbocycles. The van der Waals surface area contributed by atoms with Crippen LogP contribution in [0.1, 0.15) is 63.5 Å². The van der Waals surface area contributed by atoms with E-state index in [2.05, 4.69) is 24.4 Å². The van der Waals surface area contributed by atoms with Crippen LogP contribution in [0.2, 0.25) is 0 Å². The summed E-state index contributed by atoms with van der Waals surface area (Å²) in [4.78, 5) is 27.0. The van der Waals surface area contributed by atoms with E-state index in [4.69, 9.17) is 0 Å². The molecule has 0 spiro atoms. The summed E-state index contributed by atoms with van der Waals surface area (Å²) in [5.74, 6) is 0.00104. The average molecular weight is 328 g/mol. The lowest BCUT2D eigenvalue weighted by Crippen LogP contribution is -2.38. The van der Waals surface area contributed by atoms with Crippen molar-refractivity contribution in [3.63, 3.8) is 0 Å². The fourth-order valence-corrected chi connectivity index (χ4v) is 4.06. The van der Waals surface area contributed by atoms with Gasteiger partial charge < -0.3 is 10.2 Å². The highest BCUT2D eigenvalue weighted by atomic mass is 16.2. The lowest BCUT2D eigenvalue weighted by atomic mass is 10.0. The number of amides is 2. The van der Waals surface area contributed by atoms with Gasteiger partial charge in [0.2, 0.25) is 11.8 Å². The summed E-state index contributed by atoms with van der Waals surface area (Å²) in [6.07, 6.45) is 6.91. The zero-order chi connectivity index (χ0) is 16.9. The molecule has 1 heterocycles. The standard InChI is InChI=1S/C20H28N2O2/c1-2-8-18(15-9-4-3-5-10-15)21-20(24)16-13-19(23)22(14-16)17-11-6-7-12-17/h3-5,9-10,16-18H,2,6-8,11-14H2,1H3,(H,21,24)/t16-,18-/m0/s1. The molecule has 1 aliphatic carbocycles. The van der Waals surface area contributed by atoms with Gasteiger partial charge in [0, 0.05) is 19.0 Å². The number of carbonyl (C=O) groups excluding carboxylic acids is 2. The van der Waals surface area contributed by atoms with Gasteiger partial charge >= 0.3 is 0 Å². The van der Waals surface area contributed by atoms with E-state index >= 15 is 0 Å². The van der Waals surface area contributed by atoms with Gasteiger partial charge in [-0.3, -0.25) is 9.59 Å². The third-order valence-corrected chi connectivity index (χ3v) is 5.39. The fourth-order valence-electron chi connectivity index (χ4n) is 4.06. The third-order valence-electron chi connectivity index (χ3n) is 5.39. The molecule has 4 heteroatoms. The van der Waals surface area contributed by atoms with Crippen LogP contribution in [0.5, 0.6) is 0 Å². The Kier molecular flexibility index (Phi) is 5.54. The highest BCUT2D eigenvalue weighted by molar-refractivity contribution is 5.89. The van der Waals surface area contributed by atoms with E-state index in [1.165, 1.54) is 12.8 Å². The molecule has 1 saturated heterocycles. The minimum absolute atomic E-state index is 0.0335. The molecule has 2 fully saturated rings. The number of hydrogen-bond acceptors (Lipinski definition) is 2. The first-order valence-electron chi connectivity index (χ1n) is 9.33. The first-order chi connectivity index (χ1) is 11.7. The normalized spacial score (nSPS) is 22.8. The monoisotopic (exact) mass is 328 g/mol. The van der Waals surface area contributed by atoms with Crippen LogP contribution in [0.4, 0.5) is 0 Å². The van der Waals surface area contributed by atoms with Crippen LogP contribution in [0.25, 0.3) is 0 Å². The molecule has 2 amide bonds. The van der Waals surface area contributed by atoms with Gasteiger partial charge in [-0.1, -0.05) is 56.5 Å². The second-order valence-corrected chi connectivity index (χ2v) is 7.15. The molecule has 0 radical (unpaired) electrons. The molecule has 0 aromatic heterocycles. The summed E-state index contributed by atoms with van der Waals surface area (Å²) in [6.45, 7) is 2.73. The Morgan fingerprint density at radius 2 is 1.96 bits per heavy atom. The minimum atomic E-state index is -0.193. The molecule has 0 unspecified atom stereocenters. The molecule has 4 nitrogen and oxygen atoms in total. The van der Waals surface area contributed by atoms with Crippen molar-refractivity contribution in [1.29, 1.82) is 0 Å². The van der Waals surface area contributed by atoms with Crippen molar-refractivity contribution in [2.24, 2.45) is 5.92 Å². The molecule has 1 aromatic rings. The number of hydrogen-bond donors (Lipinski definition) is 1. The zero-order valence-corrected chi connectivity index (χ0v) is 14.5. The van der Waals surface area contributed by atoms with Gasteiger partial charge in [-0.15, -0.1) is 0 Å². The van der Waals surface area contributed by atoms with Crippen molar-refractivity contribution in [2.75, 3.05) is 6.54 Å². The van der Waals surface area contributed by atoms with Gasteiger partial charge in [-0.05, 0) is 24.8 Å². The van der Waals surface area contributed by atoms with Crippen LogP contribution < -0.4 is 5.32 Å². The van der Waals surface area contributed by atoms with E-state index < -0.39 is 0 Å². The number of carbonyl (C=O) groups is 2. The average Bonchev–Trinajstić information content (AvgIpc) is 3.24. The molecule has 1 aliphatic heterocycles. The predicted octanol–water partition coefficient (Wildman–Crippen LogP) is 3.44. The second kappa shape index (κ2) is 7.82. The van der Waals surface area contributed by atoms with E-state index in [0.717, 1.165) is 31.2 Å². The number of benzene rings is 1. The third kappa shape index (κ3) is 3.80. The molecule has 1 saturated carbocycles. The molecule has 0 bridgehead atoms. The van der Waals surface area contributed by atoms with Crippen LogP contribution in [0.15, 0.2) is 30.3 Å². The maximum atomic E-state index is 12.7. The molecule has 2 aliphatic rings. The number of rotatable bonds is 6. The van der Waals surface area contributed by atoms with Crippen LogP contribution >= 0.6 is 0 Å². The van der Waals surface area contributed by atoms with Gasteiger partial charge in [-0.2, -0.15) is 0 Å². The van der Waals surface area contributed by atoms with Crippen molar-refractivity contribution >= 4 is 11.8 Å². The highest BCUT2D eigenvalue weighted by Gasteiger charge is 2.39. The Hall–Kier alpha value is -1.84. The van der Waals surface area contributed by atoms with Crippen molar-refractivity contribution in [3.05, 3.63) is 35.9 Å². The van der Waals surface area contributed by atoms with E-state index in [0.29, 0.717) is 19.0 Å². The Morgan fingerprint density at radius 1 is 1.25 bits per heavy atom. The van der Waals surface area contributed by atoms with Crippen LogP contribution in [-0.2, 0) is 9.59 Å². The second-order valence-electron chi connectivity index (χ2n) is 7.15. The Bertz CT molecular complexity index is 566. The highest BCUT2D eigenvalue weighted by Crippen LogP contribution is 2.30. The largest absolute Gasteiger partial charge is 0.349 e. The zero-order valence-electron chi connectivity index (χ0n) is 14.5. The topological polar surface area (TPSA) is 49.4 Å². The molecular formula is C20H28N2O2. The Labute approximate surface area is 144 Å². The van der Waals surface area contributed by atoms with E-state index in [-0.39, 0.29) is 23.8 Å².